The molecule has 3 nitrogen and oxygen atoms in total. The molecule has 1 aliphatic rings. The van der Waals surface area contributed by atoms with Gasteiger partial charge in [0.25, 0.3) is 5.69 Å². The first kappa shape index (κ1) is 5.41. The van der Waals surface area contributed by atoms with E-state index in [0.717, 1.165) is 12.0 Å². The predicted octanol–water partition coefficient (Wildman–Crippen LogP) is 1.50. The second-order valence-electron chi connectivity index (χ2n) is 2.39. The van der Waals surface area contributed by atoms with Crippen LogP contribution in [0.25, 0.3) is 0 Å². The van der Waals surface area contributed by atoms with Gasteiger partial charge in [-0.2, -0.15) is 0 Å². The molecule has 0 atom stereocenters. The molecule has 0 aromatic heterocycles. The number of rotatable bonds is 1. The highest BCUT2D eigenvalue weighted by atomic mass is 16.6. The van der Waals surface area contributed by atoms with Gasteiger partial charge in [-0.25, -0.2) is 0 Å². The predicted molar refractivity (Wildman–Crippen MR) is 35.9 cm³/mol. The molecule has 3 heteroatoms. The van der Waals surface area contributed by atoms with Gasteiger partial charge in [-0.15, -0.1) is 0 Å². The molecular formula is C7H5NO2. The van der Waals surface area contributed by atoms with E-state index in [1.54, 1.807) is 12.1 Å². The van der Waals surface area contributed by atoms with Crippen molar-refractivity contribution in [2.24, 2.45) is 0 Å². The van der Waals surface area contributed by atoms with Gasteiger partial charge in [0.05, 0.1) is 4.92 Å². The van der Waals surface area contributed by atoms with E-state index in [2.05, 4.69) is 0 Å². The van der Waals surface area contributed by atoms with Crippen molar-refractivity contribution in [2.45, 2.75) is 6.42 Å². The second kappa shape index (κ2) is 1.56. The average molecular weight is 135 g/mol. The maximum absolute atomic E-state index is 10.2. The van der Waals surface area contributed by atoms with Crippen molar-refractivity contribution < 1.29 is 4.92 Å². The monoisotopic (exact) mass is 135 g/mol. The summed E-state index contributed by atoms with van der Waals surface area (Å²) in [5.41, 5.74) is 2.57. The topological polar surface area (TPSA) is 43.1 Å². The first-order valence-electron chi connectivity index (χ1n) is 3.03. The second-order valence-corrected chi connectivity index (χ2v) is 2.39. The van der Waals surface area contributed by atoms with Gasteiger partial charge in [-0.3, -0.25) is 10.1 Å². The highest BCUT2D eigenvalue weighted by Gasteiger charge is 2.19. The van der Waals surface area contributed by atoms with Crippen molar-refractivity contribution >= 4 is 5.69 Å². The summed E-state index contributed by atoms with van der Waals surface area (Å²) in [5.74, 6) is 0. The number of nitrogens with zero attached hydrogens (tertiary/aromatic N) is 1. The summed E-state index contributed by atoms with van der Waals surface area (Å²) in [5, 5.41) is 10.2. The Morgan fingerprint density at radius 1 is 1.40 bits per heavy atom. The first-order chi connectivity index (χ1) is 4.77. The SMILES string of the molecule is O=[N+]([O-])c1ccc2c(c1)C2. The molecule has 0 saturated heterocycles. The number of non-ortho nitro benzene ring substituents is 1. The zero-order valence-corrected chi connectivity index (χ0v) is 5.20. The third-order valence-electron chi connectivity index (χ3n) is 1.66. The summed E-state index contributed by atoms with van der Waals surface area (Å²) in [6.45, 7) is 0. The molecule has 0 amide bonds. The lowest BCUT2D eigenvalue weighted by Crippen LogP contribution is -1.84. The molecule has 50 valence electrons. The van der Waals surface area contributed by atoms with E-state index in [1.165, 1.54) is 5.56 Å². The molecule has 2 rings (SSSR count). The molecule has 0 N–H and O–H groups in total. The lowest BCUT2D eigenvalue weighted by molar-refractivity contribution is -0.384. The summed E-state index contributed by atoms with van der Waals surface area (Å²) < 4.78 is 0. The third-order valence-corrected chi connectivity index (χ3v) is 1.66. The maximum Gasteiger partial charge on any atom is 0.269 e. The van der Waals surface area contributed by atoms with Crippen LogP contribution in [0.15, 0.2) is 18.2 Å². The zero-order valence-electron chi connectivity index (χ0n) is 5.20. The van der Waals surface area contributed by atoms with Crippen molar-refractivity contribution in [3.8, 4) is 0 Å². The molecule has 0 bridgehead atoms. The van der Waals surface area contributed by atoms with Gasteiger partial charge < -0.3 is 0 Å². The quantitative estimate of drug-likeness (QED) is 0.439. The minimum absolute atomic E-state index is 0.205. The van der Waals surface area contributed by atoms with Crippen LogP contribution in [-0.4, -0.2) is 4.92 Å². The van der Waals surface area contributed by atoms with Gasteiger partial charge in [0.15, 0.2) is 0 Å². The lowest BCUT2D eigenvalue weighted by atomic mass is 10.3. The van der Waals surface area contributed by atoms with Gasteiger partial charge in [-0.05, 0) is 17.5 Å². The van der Waals surface area contributed by atoms with Crippen LogP contribution in [0.2, 0.25) is 0 Å². The third kappa shape index (κ3) is 0.673. The Kier molecular flexibility index (Phi) is 0.845. The molecule has 0 unspecified atom stereocenters. The average Bonchev–Trinajstić information content (AvgIpc) is 2.63. The highest BCUT2D eigenvalue weighted by molar-refractivity contribution is 5.51. The Hall–Kier alpha value is -1.38. The van der Waals surface area contributed by atoms with Crippen LogP contribution < -0.4 is 0 Å². The molecule has 10 heavy (non-hydrogen) atoms. The number of fused-ring (bicyclic) bond motifs is 1. The van der Waals surface area contributed by atoms with E-state index < -0.39 is 0 Å². The fraction of sp³-hybridized carbons (Fsp3) is 0.143. The molecule has 0 heterocycles. The van der Waals surface area contributed by atoms with Crippen LogP contribution >= 0.6 is 0 Å². The van der Waals surface area contributed by atoms with Gasteiger partial charge in [0, 0.05) is 12.1 Å². The summed E-state index contributed by atoms with van der Waals surface area (Å²) in [7, 11) is 0. The van der Waals surface area contributed by atoms with E-state index in [4.69, 9.17) is 0 Å². The molecule has 0 spiro atoms. The molecule has 0 aliphatic heterocycles. The normalized spacial score (nSPS) is 12.4. The minimum Gasteiger partial charge on any atom is -0.258 e. The van der Waals surface area contributed by atoms with E-state index in [1.807, 2.05) is 6.07 Å². The summed E-state index contributed by atoms with van der Waals surface area (Å²) in [6, 6.07) is 4.99. The summed E-state index contributed by atoms with van der Waals surface area (Å²) >= 11 is 0. The van der Waals surface area contributed by atoms with Gasteiger partial charge in [0.2, 0.25) is 0 Å². The lowest BCUT2D eigenvalue weighted by Gasteiger charge is -1.85. The van der Waals surface area contributed by atoms with E-state index in [9.17, 15) is 10.1 Å². The number of benzene rings is 1. The first-order valence-corrected chi connectivity index (χ1v) is 3.03. The van der Waals surface area contributed by atoms with E-state index in [-0.39, 0.29) is 10.6 Å². The Morgan fingerprint density at radius 3 is 2.80 bits per heavy atom. The number of hydrogen-bond donors (Lipinski definition) is 0. The molecule has 0 fully saturated rings. The Labute approximate surface area is 57.4 Å². The Morgan fingerprint density at radius 2 is 2.20 bits per heavy atom. The van der Waals surface area contributed by atoms with Crippen LogP contribution in [0.3, 0.4) is 0 Å². The standard InChI is InChI=1S/C7H5NO2/c9-8(10)7-2-1-5-3-6(5)4-7/h1-2,4H,3H2. The van der Waals surface area contributed by atoms with Crippen molar-refractivity contribution in [2.75, 3.05) is 0 Å². The Bertz CT molecular complexity index is 306. The van der Waals surface area contributed by atoms with Crippen LogP contribution in [0, 0.1) is 10.1 Å². The smallest absolute Gasteiger partial charge is 0.258 e. The summed E-state index contributed by atoms with van der Waals surface area (Å²) in [6.07, 6.45) is 0.938. The fourth-order valence-electron chi connectivity index (χ4n) is 0.997. The molecule has 1 aromatic carbocycles. The van der Waals surface area contributed by atoms with Crippen LogP contribution in [0.1, 0.15) is 11.1 Å². The van der Waals surface area contributed by atoms with Crippen LogP contribution in [0.5, 0.6) is 0 Å². The largest absolute Gasteiger partial charge is 0.269 e. The fourth-order valence-corrected chi connectivity index (χ4v) is 0.997. The highest BCUT2D eigenvalue weighted by Crippen LogP contribution is 2.30. The van der Waals surface area contributed by atoms with Crippen molar-refractivity contribution in [1.29, 1.82) is 0 Å². The number of nitro groups is 1. The van der Waals surface area contributed by atoms with Crippen LogP contribution in [0.4, 0.5) is 5.69 Å². The van der Waals surface area contributed by atoms with Crippen LogP contribution in [-0.2, 0) is 6.42 Å². The van der Waals surface area contributed by atoms with Gasteiger partial charge in [-0.1, -0.05) is 6.07 Å². The molecule has 0 radical (unpaired) electrons. The van der Waals surface area contributed by atoms with Crippen molar-refractivity contribution in [3.05, 3.63) is 39.4 Å². The summed E-state index contributed by atoms with van der Waals surface area (Å²) in [4.78, 5) is 9.82. The van der Waals surface area contributed by atoms with Gasteiger partial charge in [0.1, 0.15) is 0 Å². The van der Waals surface area contributed by atoms with E-state index >= 15 is 0 Å². The zero-order chi connectivity index (χ0) is 7.14. The number of hydrogen-bond acceptors (Lipinski definition) is 2. The maximum atomic E-state index is 10.2. The minimum atomic E-state index is -0.362. The molecule has 1 aromatic rings. The molecule has 0 saturated carbocycles. The Balaban J connectivity index is 2.48. The molecular weight excluding hydrogens is 130 g/mol. The molecule has 1 aliphatic carbocycles. The van der Waals surface area contributed by atoms with Crippen molar-refractivity contribution in [1.82, 2.24) is 0 Å². The number of nitro benzene ring substituents is 1. The van der Waals surface area contributed by atoms with Crippen molar-refractivity contribution in [3.63, 3.8) is 0 Å². The van der Waals surface area contributed by atoms with Gasteiger partial charge >= 0.3 is 0 Å². The van der Waals surface area contributed by atoms with E-state index in [0.29, 0.717) is 0 Å².